The number of benzene rings is 1. The van der Waals surface area contributed by atoms with Crippen molar-refractivity contribution in [3.63, 3.8) is 0 Å². The van der Waals surface area contributed by atoms with Crippen LogP contribution in [0.25, 0.3) is 0 Å². The average Bonchev–Trinajstić information content (AvgIpc) is 2.47. The molecule has 1 rings (SSSR count). The molecule has 1 aromatic carbocycles. The van der Waals surface area contributed by atoms with E-state index in [9.17, 15) is 9.59 Å². The highest BCUT2D eigenvalue weighted by Gasteiger charge is 2.18. The SMILES string of the molecule is CCNCc1ccc(OC(C)C(=O)NC(=O)NC)c(Br)c1. The van der Waals surface area contributed by atoms with Gasteiger partial charge in [0.05, 0.1) is 4.47 Å². The van der Waals surface area contributed by atoms with Gasteiger partial charge in [-0.15, -0.1) is 0 Å². The maximum atomic E-state index is 11.7. The molecule has 0 heterocycles. The Morgan fingerprint density at radius 2 is 2.10 bits per heavy atom. The molecular weight excluding hydrogens is 338 g/mol. The van der Waals surface area contributed by atoms with Crippen molar-refractivity contribution in [3.8, 4) is 5.75 Å². The lowest BCUT2D eigenvalue weighted by molar-refractivity contribution is -0.126. The van der Waals surface area contributed by atoms with Crippen LogP contribution in [0.4, 0.5) is 4.79 Å². The van der Waals surface area contributed by atoms with Crippen molar-refractivity contribution in [3.05, 3.63) is 28.2 Å². The summed E-state index contributed by atoms with van der Waals surface area (Å²) in [6, 6.07) is 5.09. The zero-order valence-corrected chi connectivity index (χ0v) is 13.9. The van der Waals surface area contributed by atoms with Gasteiger partial charge in [0, 0.05) is 13.6 Å². The molecule has 116 valence electrons. The lowest BCUT2D eigenvalue weighted by Gasteiger charge is -2.15. The van der Waals surface area contributed by atoms with Crippen LogP contribution < -0.4 is 20.7 Å². The van der Waals surface area contributed by atoms with Crippen molar-refractivity contribution in [1.82, 2.24) is 16.0 Å². The summed E-state index contributed by atoms with van der Waals surface area (Å²) in [4.78, 5) is 22.8. The molecule has 0 aliphatic heterocycles. The molecule has 3 amide bonds. The zero-order valence-electron chi connectivity index (χ0n) is 12.3. The molecule has 0 spiro atoms. The Morgan fingerprint density at radius 3 is 2.67 bits per heavy atom. The molecule has 0 radical (unpaired) electrons. The fourth-order valence-corrected chi connectivity index (χ4v) is 2.06. The monoisotopic (exact) mass is 357 g/mol. The first-order chi connectivity index (χ1) is 9.97. The molecule has 0 aliphatic rings. The van der Waals surface area contributed by atoms with Gasteiger partial charge in [0.2, 0.25) is 0 Å². The third-order valence-corrected chi connectivity index (χ3v) is 3.33. The minimum Gasteiger partial charge on any atom is -0.480 e. The van der Waals surface area contributed by atoms with Gasteiger partial charge in [-0.2, -0.15) is 0 Å². The second-order valence-corrected chi connectivity index (χ2v) is 5.23. The van der Waals surface area contributed by atoms with E-state index in [1.165, 1.54) is 7.05 Å². The van der Waals surface area contributed by atoms with Gasteiger partial charge < -0.3 is 15.4 Å². The summed E-state index contributed by atoms with van der Waals surface area (Å²) in [5.41, 5.74) is 1.11. The van der Waals surface area contributed by atoms with Gasteiger partial charge in [-0.05, 0) is 47.1 Å². The van der Waals surface area contributed by atoms with E-state index < -0.39 is 18.0 Å². The highest BCUT2D eigenvalue weighted by atomic mass is 79.9. The third kappa shape index (κ3) is 5.73. The maximum Gasteiger partial charge on any atom is 0.321 e. The molecule has 0 aliphatic carbocycles. The van der Waals surface area contributed by atoms with Crippen molar-refractivity contribution in [2.45, 2.75) is 26.5 Å². The molecule has 1 atom stereocenters. The molecular formula is C14H20BrN3O3. The van der Waals surface area contributed by atoms with Crippen LogP contribution in [0.5, 0.6) is 5.75 Å². The van der Waals surface area contributed by atoms with E-state index in [-0.39, 0.29) is 0 Å². The Morgan fingerprint density at radius 1 is 1.38 bits per heavy atom. The van der Waals surface area contributed by atoms with Crippen molar-refractivity contribution < 1.29 is 14.3 Å². The first-order valence-corrected chi connectivity index (χ1v) is 7.45. The molecule has 7 heteroatoms. The van der Waals surface area contributed by atoms with Crippen LogP contribution in [0.2, 0.25) is 0 Å². The molecule has 6 nitrogen and oxygen atoms in total. The normalized spacial score (nSPS) is 11.6. The van der Waals surface area contributed by atoms with Gasteiger partial charge >= 0.3 is 6.03 Å². The maximum absolute atomic E-state index is 11.7. The van der Waals surface area contributed by atoms with E-state index in [0.717, 1.165) is 23.1 Å². The average molecular weight is 358 g/mol. The Bertz CT molecular complexity index is 508. The van der Waals surface area contributed by atoms with Crippen LogP contribution in [0, 0.1) is 0 Å². The minimum atomic E-state index is -0.779. The van der Waals surface area contributed by atoms with Crippen LogP contribution in [-0.4, -0.2) is 31.6 Å². The summed E-state index contributed by atoms with van der Waals surface area (Å²) in [6.45, 7) is 5.28. The number of hydrogen-bond donors (Lipinski definition) is 3. The molecule has 21 heavy (non-hydrogen) atoms. The van der Waals surface area contributed by atoms with Crippen LogP contribution in [0.3, 0.4) is 0 Å². The highest BCUT2D eigenvalue weighted by Crippen LogP contribution is 2.27. The number of halogens is 1. The predicted octanol–water partition coefficient (Wildman–Crippen LogP) is 1.78. The Kier molecular flexibility index (Phi) is 7.18. The topological polar surface area (TPSA) is 79.5 Å². The van der Waals surface area contributed by atoms with E-state index in [1.54, 1.807) is 13.0 Å². The number of carbonyl (C=O) groups is 2. The third-order valence-electron chi connectivity index (χ3n) is 2.71. The second kappa shape index (κ2) is 8.63. The Balaban J connectivity index is 2.65. The van der Waals surface area contributed by atoms with Gasteiger partial charge in [0.1, 0.15) is 5.75 Å². The van der Waals surface area contributed by atoms with Gasteiger partial charge in [0.15, 0.2) is 6.10 Å². The van der Waals surface area contributed by atoms with E-state index in [2.05, 4.69) is 31.9 Å². The molecule has 0 aromatic heterocycles. The predicted molar refractivity (Wildman–Crippen MR) is 84.2 cm³/mol. The summed E-state index contributed by atoms with van der Waals surface area (Å²) < 4.78 is 6.31. The first kappa shape index (κ1) is 17.5. The number of carbonyl (C=O) groups excluding carboxylic acids is 2. The van der Waals surface area contributed by atoms with Gasteiger partial charge in [0.25, 0.3) is 5.91 Å². The second-order valence-electron chi connectivity index (χ2n) is 4.37. The van der Waals surface area contributed by atoms with Crippen LogP contribution in [0.1, 0.15) is 19.4 Å². The largest absolute Gasteiger partial charge is 0.480 e. The zero-order chi connectivity index (χ0) is 15.8. The highest BCUT2D eigenvalue weighted by molar-refractivity contribution is 9.10. The molecule has 1 unspecified atom stereocenters. The summed E-state index contributed by atoms with van der Waals surface area (Å²) >= 11 is 3.42. The molecule has 1 aromatic rings. The fourth-order valence-electron chi connectivity index (χ4n) is 1.54. The molecule has 0 saturated heterocycles. The van der Waals surface area contributed by atoms with E-state index in [0.29, 0.717) is 5.75 Å². The Hall–Kier alpha value is -1.60. The van der Waals surface area contributed by atoms with E-state index >= 15 is 0 Å². The summed E-state index contributed by atoms with van der Waals surface area (Å²) in [6.07, 6.45) is -0.779. The lowest BCUT2D eigenvalue weighted by Crippen LogP contribution is -2.44. The quantitative estimate of drug-likeness (QED) is 0.724. The lowest BCUT2D eigenvalue weighted by atomic mass is 10.2. The molecule has 0 fully saturated rings. The summed E-state index contributed by atoms with van der Waals surface area (Å²) in [5, 5.41) is 7.71. The van der Waals surface area contributed by atoms with Gasteiger partial charge in [-0.1, -0.05) is 13.0 Å². The molecule has 0 saturated carbocycles. The van der Waals surface area contributed by atoms with Crippen molar-refractivity contribution in [2.75, 3.05) is 13.6 Å². The van der Waals surface area contributed by atoms with Crippen LogP contribution >= 0.6 is 15.9 Å². The number of imide groups is 1. The fraction of sp³-hybridized carbons (Fsp3) is 0.429. The molecule has 3 N–H and O–H groups in total. The van der Waals surface area contributed by atoms with Gasteiger partial charge in [-0.3, -0.25) is 10.1 Å². The van der Waals surface area contributed by atoms with E-state index in [4.69, 9.17) is 4.74 Å². The number of rotatable bonds is 6. The minimum absolute atomic E-state index is 0.502. The summed E-state index contributed by atoms with van der Waals surface area (Å²) in [5.74, 6) is 0.0489. The van der Waals surface area contributed by atoms with Crippen molar-refractivity contribution in [2.24, 2.45) is 0 Å². The van der Waals surface area contributed by atoms with Gasteiger partial charge in [-0.25, -0.2) is 4.79 Å². The number of nitrogens with one attached hydrogen (secondary N) is 3. The number of hydrogen-bond acceptors (Lipinski definition) is 4. The van der Waals surface area contributed by atoms with Crippen LogP contribution in [0.15, 0.2) is 22.7 Å². The van der Waals surface area contributed by atoms with Crippen molar-refractivity contribution >= 4 is 27.9 Å². The first-order valence-electron chi connectivity index (χ1n) is 6.66. The number of ether oxygens (including phenoxy) is 1. The number of urea groups is 1. The number of amides is 3. The smallest absolute Gasteiger partial charge is 0.321 e. The standard InChI is InChI=1S/C14H20BrN3O3/c1-4-17-8-10-5-6-12(11(15)7-10)21-9(2)13(19)18-14(20)16-3/h5-7,9,17H,4,8H2,1-3H3,(H2,16,18,19,20). The van der Waals surface area contributed by atoms with Crippen LogP contribution in [-0.2, 0) is 11.3 Å². The molecule has 0 bridgehead atoms. The van der Waals surface area contributed by atoms with Crippen molar-refractivity contribution in [1.29, 1.82) is 0 Å². The Labute approximate surface area is 132 Å². The summed E-state index contributed by atoms with van der Waals surface area (Å²) in [7, 11) is 1.44. The van der Waals surface area contributed by atoms with E-state index in [1.807, 2.05) is 19.1 Å².